The fraction of sp³-hybridized carbons (Fsp3) is 0.381. The van der Waals surface area contributed by atoms with Gasteiger partial charge in [0.25, 0.3) is 0 Å². The molecule has 6 nitrogen and oxygen atoms in total. The first kappa shape index (κ1) is 17.5. The molecule has 1 atom stereocenters. The van der Waals surface area contributed by atoms with Crippen molar-refractivity contribution in [3.63, 3.8) is 0 Å². The molecule has 0 aliphatic carbocycles. The molecule has 3 heterocycles. The Hall–Kier alpha value is -2.89. The monoisotopic (exact) mass is 363 g/mol. The second kappa shape index (κ2) is 7.02. The molecular weight excluding hydrogens is 338 g/mol. The van der Waals surface area contributed by atoms with Crippen molar-refractivity contribution in [2.75, 3.05) is 7.05 Å². The number of hydrogen-bond donors (Lipinski definition) is 0. The van der Waals surface area contributed by atoms with Gasteiger partial charge < -0.3 is 4.90 Å². The number of amides is 1. The van der Waals surface area contributed by atoms with E-state index < -0.39 is 0 Å². The quantitative estimate of drug-likeness (QED) is 0.716. The van der Waals surface area contributed by atoms with Gasteiger partial charge in [-0.05, 0) is 50.1 Å². The Balaban J connectivity index is 1.47. The summed E-state index contributed by atoms with van der Waals surface area (Å²) < 4.78 is 3.95. The minimum atomic E-state index is 0.0402. The molecule has 0 N–H and O–H groups in total. The molecule has 1 aliphatic rings. The zero-order chi connectivity index (χ0) is 19.0. The van der Waals surface area contributed by atoms with Crippen LogP contribution in [0.25, 0.3) is 5.69 Å². The smallest absolute Gasteiger partial charge is 0.226 e. The molecule has 0 bridgehead atoms. The van der Waals surface area contributed by atoms with Gasteiger partial charge in [0.1, 0.15) is 0 Å². The molecule has 1 aliphatic heterocycles. The lowest BCUT2D eigenvalue weighted by atomic mass is 9.94. The summed E-state index contributed by atoms with van der Waals surface area (Å²) in [5.74, 6) is 0.248. The molecule has 0 spiro atoms. The van der Waals surface area contributed by atoms with E-state index in [-0.39, 0.29) is 11.8 Å². The molecule has 1 aromatic carbocycles. The number of aromatic nitrogens is 4. The van der Waals surface area contributed by atoms with Gasteiger partial charge in [0.2, 0.25) is 5.91 Å². The lowest BCUT2D eigenvalue weighted by Crippen LogP contribution is -2.36. The van der Waals surface area contributed by atoms with Crippen LogP contribution in [0.5, 0.6) is 0 Å². The number of aryl methyl sites for hydroxylation is 3. The van der Waals surface area contributed by atoms with Crippen LogP contribution in [0.2, 0.25) is 0 Å². The number of carbonyl (C=O) groups excluding carboxylic acids is 1. The largest absolute Gasteiger partial charge is 0.341 e. The van der Waals surface area contributed by atoms with Gasteiger partial charge in [0, 0.05) is 50.1 Å². The fourth-order valence-corrected chi connectivity index (χ4v) is 3.92. The van der Waals surface area contributed by atoms with Crippen LogP contribution in [-0.2, 0) is 24.3 Å². The van der Waals surface area contributed by atoms with Crippen molar-refractivity contribution in [1.82, 2.24) is 24.5 Å². The minimum absolute atomic E-state index is 0.0402. The molecule has 4 rings (SSSR count). The highest BCUT2D eigenvalue weighted by molar-refractivity contribution is 5.79. The van der Waals surface area contributed by atoms with Crippen LogP contribution >= 0.6 is 0 Å². The van der Waals surface area contributed by atoms with Crippen LogP contribution in [0.4, 0.5) is 0 Å². The summed E-state index contributed by atoms with van der Waals surface area (Å²) in [6.45, 7) is 5.47. The lowest BCUT2D eigenvalue weighted by Gasteiger charge is -2.27. The van der Waals surface area contributed by atoms with E-state index in [4.69, 9.17) is 0 Å². The topological polar surface area (TPSA) is 56.0 Å². The molecule has 1 unspecified atom stereocenters. The first-order chi connectivity index (χ1) is 13.0. The number of benzene rings is 1. The molecule has 0 saturated heterocycles. The van der Waals surface area contributed by atoms with Crippen molar-refractivity contribution >= 4 is 5.91 Å². The van der Waals surface area contributed by atoms with Crippen LogP contribution in [0.15, 0.2) is 42.6 Å². The van der Waals surface area contributed by atoms with Crippen molar-refractivity contribution in [2.24, 2.45) is 5.92 Å². The first-order valence-corrected chi connectivity index (χ1v) is 9.39. The third-order valence-corrected chi connectivity index (χ3v) is 5.26. The maximum atomic E-state index is 12.9. The average molecular weight is 363 g/mol. The second-order valence-electron chi connectivity index (χ2n) is 7.44. The summed E-state index contributed by atoms with van der Waals surface area (Å²) in [5.41, 5.74) is 5.39. The third kappa shape index (κ3) is 3.52. The van der Waals surface area contributed by atoms with E-state index in [0.717, 1.165) is 47.7 Å². The van der Waals surface area contributed by atoms with Gasteiger partial charge in [-0.25, -0.2) is 4.68 Å². The third-order valence-electron chi connectivity index (χ3n) is 5.26. The molecule has 1 amide bonds. The maximum Gasteiger partial charge on any atom is 0.226 e. The Bertz CT molecular complexity index is 971. The summed E-state index contributed by atoms with van der Waals surface area (Å²) >= 11 is 0. The van der Waals surface area contributed by atoms with E-state index in [0.29, 0.717) is 6.54 Å². The Morgan fingerprint density at radius 2 is 2.11 bits per heavy atom. The zero-order valence-corrected chi connectivity index (χ0v) is 16.1. The van der Waals surface area contributed by atoms with Crippen LogP contribution in [0, 0.1) is 19.8 Å². The van der Waals surface area contributed by atoms with Crippen LogP contribution in [-0.4, -0.2) is 37.4 Å². The normalized spacial score (nSPS) is 16.2. The molecule has 6 heteroatoms. The van der Waals surface area contributed by atoms with Gasteiger partial charge in [0.15, 0.2) is 0 Å². The second-order valence-corrected chi connectivity index (χ2v) is 7.44. The standard InChI is InChI=1S/C21H25N5O/c1-15-11-16(2)26(23-15)20-6-4-5-17(12-20)14-24(3)21(27)18-8-10-25-19(13-18)7-9-22-25/h4-7,9,11-12,18H,8,10,13-14H2,1-3H3. The van der Waals surface area contributed by atoms with E-state index in [1.54, 1.807) is 0 Å². The van der Waals surface area contributed by atoms with Gasteiger partial charge in [-0.2, -0.15) is 10.2 Å². The number of fused-ring (bicyclic) bond motifs is 1. The fourth-order valence-electron chi connectivity index (χ4n) is 3.92. The first-order valence-electron chi connectivity index (χ1n) is 9.39. The van der Waals surface area contributed by atoms with E-state index in [9.17, 15) is 4.79 Å². The summed E-state index contributed by atoms with van der Waals surface area (Å²) in [5, 5.41) is 8.85. The van der Waals surface area contributed by atoms with Gasteiger partial charge in [-0.15, -0.1) is 0 Å². The predicted molar refractivity (Wildman–Crippen MR) is 104 cm³/mol. The molecule has 0 fully saturated rings. The van der Waals surface area contributed by atoms with Gasteiger partial charge in [-0.1, -0.05) is 12.1 Å². The van der Waals surface area contributed by atoms with E-state index in [2.05, 4.69) is 35.3 Å². The summed E-state index contributed by atoms with van der Waals surface area (Å²) in [7, 11) is 1.89. The van der Waals surface area contributed by atoms with E-state index in [1.165, 1.54) is 0 Å². The Kier molecular flexibility index (Phi) is 4.56. The Labute approximate surface area is 159 Å². The van der Waals surface area contributed by atoms with Crippen molar-refractivity contribution in [2.45, 2.75) is 39.8 Å². The van der Waals surface area contributed by atoms with Crippen molar-refractivity contribution in [3.05, 3.63) is 65.2 Å². The Morgan fingerprint density at radius 1 is 1.26 bits per heavy atom. The van der Waals surface area contributed by atoms with E-state index in [1.807, 2.05) is 52.6 Å². The van der Waals surface area contributed by atoms with E-state index >= 15 is 0 Å². The minimum Gasteiger partial charge on any atom is -0.341 e. The number of rotatable bonds is 4. The molecule has 140 valence electrons. The number of nitrogens with zero attached hydrogens (tertiary/aromatic N) is 5. The molecular formula is C21H25N5O. The summed E-state index contributed by atoms with van der Waals surface area (Å²) in [4.78, 5) is 14.8. The number of carbonyl (C=O) groups is 1. The molecule has 0 radical (unpaired) electrons. The predicted octanol–water partition coefficient (Wildman–Crippen LogP) is 2.91. The SMILES string of the molecule is Cc1cc(C)n(-c2cccc(CN(C)C(=O)C3CCn4nccc4C3)c2)n1. The number of hydrogen-bond acceptors (Lipinski definition) is 3. The van der Waals surface area contributed by atoms with Crippen LogP contribution in [0.1, 0.15) is 29.1 Å². The van der Waals surface area contributed by atoms with Gasteiger partial charge in [-0.3, -0.25) is 9.48 Å². The van der Waals surface area contributed by atoms with Crippen molar-refractivity contribution in [1.29, 1.82) is 0 Å². The lowest BCUT2D eigenvalue weighted by molar-refractivity contribution is -0.135. The van der Waals surface area contributed by atoms with Crippen LogP contribution < -0.4 is 0 Å². The molecule has 0 saturated carbocycles. The molecule has 27 heavy (non-hydrogen) atoms. The molecule has 2 aromatic heterocycles. The van der Waals surface area contributed by atoms with Crippen LogP contribution in [0.3, 0.4) is 0 Å². The van der Waals surface area contributed by atoms with Crippen molar-refractivity contribution in [3.8, 4) is 5.69 Å². The molecule has 3 aromatic rings. The summed E-state index contributed by atoms with van der Waals surface area (Å²) in [6, 6.07) is 12.3. The highest BCUT2D eigenvalue weighted by Gasteiger charge is 2.27. The average Bonchev–Trinajstić information content (AvgIpc) is 3.26. The highest BCUT2D eigenvalue weighted by Crippen LogP contribution is 2.22. The zero-order valence-electron chi connectivity index (χ0n) is 16.1. The van der Waals surface area contributed by atoms with Gasteiger partial charge in [0.05, 0.1) is 11.4 Å². The maximum absolute atomic E-state index is 12.9. The summed E-state index contributed by atoms with van der Waals surface area (Å²) in [6.07, 6.45) is 3.44. The van der Waals surface area contributed by atoms with Crippen molar-refractivity contribution < 1.29 is 4.79 Å². The highest BCUT2D eigenvalue weighted by atomic mass is 16.2. The Morgan fingerprint density at radius 3 is 2.89 bits per heavy atom. The van der Waals surface area contributed by atoms with Gasteiger partial charge >= 0.3 is 0 Å².